The maximum Gasteiger partial charge on any atom is 0.326 e. The average molecular weight is 299 g/mol. The molecule has 2 aromatic heterocycles. The number of amides is 1. The molecule has 1 aromatic carbocycles. The molecule has 0 saturated carbocycles. The monoisotopic (exact) mass is 299 g/mol. The van der Waals surface area contributed by atoms with Crippen LogP contribution in [0.4, 0.5) is 5.82 Å². The van der Waals surface area contributed by atoms with Crippen molar-refractivity contribution in [1.29, 1.82) is 0 Å². The van der Waals surface area contributed by atoms with Crippen molar-refractivity contribution in [3.8, 4) is 0 Å². The number of hydrogen-bond donors (Lipinski definition) is 2. The van der Waals surface area contributed by atoms with E-state index < -0.39 is 0 Å². The second-order valence-corrected chi connectivity index (χ2v) is 5.45. The number of nitrogens with one attached hydrogen (secondary N) is 2. The van der Waals surface area contributed by atoms with Gasteiger partial charge in [-0.25, -0.2) is 4.79 Å². The quantitative estimate of drug-likeness (QED) is 0.774. The molecule has 0 saturated heterocycles. The Labute approximate surface area is 126 Å². The molecule has 22 heavy (non-hydrogen) atoms. The lowest BCUT2D eigenvalue weighted by atomic mass is 10.2. The summed E-state index contributed by atoms with van der Waals surface area (Å²) in [6, 6.07) is 7.06. The first-order chi connectivity index (χ1) is 10.5. The number of hydrogen-bond acceptors (Lipinski definition) is 3. The fraction of sp³-hybridized carbons (Fsp3) is 0.267. The van der Waals surface area contributed by atoms with Gasteiger partial charge in [0.15, 0.2) is 5.82 Å². The van der Waals surface area contributed by atoms with Gasteiger partial charge in [-0.15, -0.1) is 0 Å². The summed E-state index contributed by atoms with van der Waals surface area (Å²) < 4.78 is 3.24. The number of imidazole rings is 1. The van der Waals surface area contributed by atoms with E-state index in [2.05, 4.69) is 15.4 Å². The molecule has 0 aliphatic heterocycles. The fourth-order valence-corrected chi connectivity index (χ4v) is 2.25. The molecule has 0 bridgehead atoms. The van der Waals surface area contributed by atoms with Gasteiger partial charge in [0.1, 0.15) is 0 Å². The standard InChI is InChI=1S/C15H17N5O2/c1-9(2)20-7-6-13(18-20)17-14(21)10-4-5-11-12(8-10)19(3)15(22)16-11/h4-9H,1-3H3,(H,16,22)(H,17,18,21). The van der Waals surface area contributed by atoms with Crippen LogP contribution in [-0.2, 0) is 7.05 Å². The van der Waals surface area contributed by atoms with Gasteiger partial charge in [0.25, 0.3) is 5.91 Å². The van der Waals surface area contributed by atoms with E-state index in [1.807, 2.05) is 20.0 Å². The normalized spacial score (nSPS) is 11.3. The first-order valence-electron chi connectivity index (χ1n) is 7.01. The maximum atomic E-state index is 12.3. The van der Waals surface area contributed by atoms with Crippen molar-refractivity contribution in [3.05, 3.63) is 46.5 Å². The zero-order chi connectivity index (χ0) is 15.9. The first kappa shape index (κ1) is 14.1. The summed E-state index contributed by atoms with van der Waals surface area (Å²) in [6.07, 6.45) is 1.82. The third-order valence-corrected chi connectivity index (χ3v) is 3.55. The molecule has 0 unspecified atom stereocenters. The van der Waals surface area contributed by atoms with Gasteiger partial charge >= 0.3 is 5.69 Å². The number of aromatic nitrogens is 4. The van der Waals surface area contributed by atoms with Gasteiger partial charge in [-0.05, 0) is 32.0 Å². The lowest BCUT2D eigenvalue weighted by Gasteiger charge is -2.05. The van der Waals surface area contributed by atoms with Gasteiger partial charge in [0.05, 0.1) is 11.0 Å². The number of carbonyl (C=O) groups excluding carboxylic acids is 1. The maximum absolute atomic E-state index is 12.3. The SMILES string of the molecule is CC(C)n1ccc(NC(=O)c2ccc3[nH]c(=O)n(C)c3c2)n1. The third kappa shape index (κ3) is 2.41. The van der Waals surface area contributed by atoms with Crippen molar-refractivity contribution in [2.75, 3.05) is 5.32 Å². The summed E-state index contributed by atoms with van der Waals surface area (Å²) in [5.74, 6) is 0.242. The Morgan fingerprint density at radius 1 is 1.32 bits per heavy atom. The molecule has 7 nitrogen and oxygen atoms in total. The summed E-state index contributed by atoms with van der Waals surface area (Å²) in [4.78, 5) is 26.6. The van der Waals surface area contributed by atoms with E-state index >= 15 is 0 Å². The Hall–Kier alpha value is -2.83. The highest BCUT2D eigenvalue weighted by Crippen LogP contribution is 2.14. The van der Waals surface area contributed by atoms with E-state index in [-0.39, 0.29) is 17.6 Å². The molecular weight excluding hydrogens is 282 g/mol. The number of anilines is 1. The van der Waals surface area contributed by atoms with Crippen molar-refractivity contribution in [1.82, 2.24) is 19.3 Å². The number of nitrogens with zero attached hydrogens (tertiary/aromatic N) is 3. The third-order valence-electron chi connectivity index (χ3n) is 3.55. The minimum atomic E-state index is -0.260. The molecule has 1 amide bonds. The van der Waals surface area contributed by atoms with E-state index in [9.17, 15) is 9.59 Å². The van der Waals surface area contributed by atoms with E-state index in [0.29, 0.717) is 22.4 Å². The van der Waals surface area contributed by atoms with E-state index in [1.165, 1.54) is 4.57 Å². The number of aromatic amines is 1. The van der Waals surface area contributed by atoms with Crippen LogP contribution in [-0.4, -0.2) is 25.2 Å². The average Bonchev–Trinajstić information content (AvgIpc) is 3.05. The van der Waals surface area contributed by atoms with Crippen molar-refractivity contribution >= 4 is 22.8 Å². The van der Waals surface area contributed by atoms with Gasteiger partial charge in [0.2, 0.25) is 0 Å². The Morgan fingerprint density at radius 2 is 2.09 bits per heavy atom. The van der Waals surface area contributed by atoms with Gasteiger partial charge in [-0.3, -0.25) is 14.0 Å². The highest BCUT2D eigenvalue weighted by Gasteiger charge is 2.11. The molecule has 114 valence electrons. The summed E-state index contributed by atoms with van der Waals surface area (Å²) in [7, 11) is 1.66. The second kappa shape index (κ2) is 5.18. The topological polar surface area (TPSA) is 84.7 Å². The Bertz CT molecular complexity index is 900. The minimum Gasteiger partial charge on any atom is -0.306 e. The van der Waals surface area contributed by atoms with Crippen molar-refractivity contribution in [2.45, 2.75) is 19.9 Å². The van der Waals surface area contributed by atoms with Crippen LogP contribution in [0.2, 0.25) is 0 Å². The van der Waals surface area contributed by atoms with E-state index in [1.54, 1.807) is 36.0 Å². The Kier molecular flexibility index (Phi) is 3.32. The van der Waals surface area contributed by atoms with Crippen LogP contribution >= 0.6 is 0 Å². The molecular formula is C15H17N5O2. The summed E-state index contributed by atoms with van der Waals surface area (Å²) in [6.45, 7) is 4.03. The molecule has 3 aromatic rings. The molecule has 0 spiro atoms. The number of aryl methyl sites for hydroxylation is 1. The van der Waals surface area contributed by atoms with Crippen LogP contribution in [0.5, 0.6) is 0 Å². The molecule has 2 heterocycles. The predicted octanol–water partition coefficient (Wildman–Crippen LogP) is 1.90. The Morgan fingerprint density at radius 3 is 2.77 bits per heavy atom. The summed E-state index contributed by atoms with van der Waals surface area (Å²) in [5, 5.41) is 7.04. The van der Waals surface area contributed by atoms with E-state index in [0.717, 1.165) is 0 Å². The number of rotatable bonds is 3. The summed E-state index contributed by atoms with van der Waals surface area (Å²) >= 11 is 0. The summed E-state index contributed by atoms with van der Waals surface area (Å²) in [5.41, 5.74) is 1.66. The number of H-pyrrole nitrogens is 1. The van der Waals surface area contributed by atoms with Crippen molar-refractivity contribution < 1.29 is 4.79 Å². The predicted molar refractivity (Wildman–Crippen MR) is 84.1 cm³/mol. The molecule has 0 atom stereocenters. The minimum absolute atomic E-state index is 0.205. The largest absolute Gasteiger partial charge is 0.326 e. The van der Waals surface area contributed by atoms with Gasteiger partial charge < -0.3 is 10.3 Å². The van der Waals surface area contributed by atoms with Crippen LogP contribution in [0, 0.1) is 0 Å². The highest BCUT2D eigenvalue weighted by molar-refractivity contribution is 6.05. The molecule has 0 fully saturated rings. The zero-order valence-corrected chi connectivity index (χ0v) is 12.6. The highest BCUT2D eigenvalue weighted by atomic mass is 16.2. The molecule has 3 rings (SSSR count). The van der Waals surface area contributed by atoms with Crippen molar-refractivity contribution in [2.24, 2.45) is 7.05 Å². The smallest absolute Gasteiger partial charge is 0.306 e. The molecule has 7 heteroatoms. The Balaban J connectivity index is 1.88. The van der Waals surface area contributed by atoms with E-state index in [4.69, 9.17) is 0 Å². The van der Waals surface area contributed by atoms with Crippen LogP contribution in [0.1, 0.15) is 30.2 Å². The number of carbonyl (C=O) groups is 1. The van der Waals surface area contributed by atoms with Gasteiger partial charge in [-0.1, -0.05) is 0 Å². The van der Waals surface area contributed by atoms with Gasteiger partial charge in [-0.2, -0.15) is 5.10 Å². The van der Waals surface area contributed by atoms with Crippen molar-refractivity contribution in [3.63, 3.8) is 0 Å². The lowest BCUT2D eigenvalue weighted by molar-refractivity contribution is 0.102. The van der Waals surface area contributed by atoms with Gasteiger partial charge in [0, 0.05) is 30.9 Å². The molecule has 0 radical (unpaired) electrons. The van der Waals surface area contributed by atoms with Crippen LogP contribution < -0.4 is 11.0 Å². The van der Waals surface area contributed by atoms with Crippen LogP contribution in [0.25, 0.3) is 11.0 Å². The van der Waals surface area contributed by atoms with Crippen LogP contribution in [0.3, 0.4) is 0 Å². The molecule has 0 aliphatic carbocycles. The molecule has 2 N–H and O–H groups in total. The zero-order valence-electron chi connectivity index (χ0n) is 12.6. The molecule has 0 aliphatic rings. The first-order valence-corrected chi connectivity index (χ1v) is 7.01. The fourth-order valence-electron chi connectivity index (χ4n) is 2.25. The number of benzene rings is 1. The van der Waals surface area contributed by atoms with Crippen LogP contribution in [0.15, 0.2) is 35.3 Å². The number of fused-ring (bicyclic) bond motifs is 1. The second-order valence-electron chi connectivity index (χ2n) is 5.45. The lowest BCUT2D eigenvalue weighted by Crippen LogP contribution is -2.14.